The highest BCUT2D eigenvalue weighted by atomic mass is 16.5. The number of carboxylic acids is 1. The molecular formula is C9H19N3O3. The van der Waals surface area contributed by atoms with Gasteiger partial charge in [0, 0.05) is 6.61 Å². The Morgan fingerprint density at radius 3 is 2.60 bits per heavy atom. The smallest absolute Gasteiger partial charge is 0.320 e. The van der Waals surface area contributed by atoms with E-state index in [1.165, 1.54) is 0 Å². The molecule has 0 aromatic rings. The molecule has 0 aliphatic heterocycles. The Morgan fingerprint density at radius 1 is 1.40 bits per heavy atom. The van der Waals surface area contributed by atoms with Gasteiger partial charge in [-0.1, -0.05) is 12.8 Å². The molecule has 0 bridgehead atoms. The Hall–Kier alpha value is -1.14. The Kier molecular flexibility index (Phi) is 7.57. The number of hydrogen-bond donors (Lipinski definition) is 4. The van der Waals surface area contributed by atoms with Gasteiger partial charge in [0.05, 0.1) is 0 Å². The van der Waals surface area contributed by atoms with Gasteiger partial charge in [-0.05, 0) is 12.8 Å². The van der Waals surface area contributed by atoms with Gasteiger partial charge in [0.2, 0.25) is 0 Å². The normalized spacial score (nSPS) is 12.3. The molecule has 0 amide bonds. The summed E-state index contributed by atoms with van der Waals surface area (Å²) >= 11 is 0. The van der Waals surface area contributed by atoms with Gasteiger partial charge in [0.15, 0.2) is 0 Å². The van der Waals surface area contributed by atoms with E-state index in [1.54, 1.807) is 0 Å². The second-order valence-electron chi connectivity index (χ2n) is 3.37. The molecule has 0 heterocycles. The summed E-state index contributed by atoms with van der Waals surface area (Å²) in [6.07, 6.45) is 2.97. The quantitative estimate of drug-likeness (QED) is 0.244. The second-order valence-corrected chi connectivity index (χ2v) is 3.37. The molecule has 0 radical (unpaired) electrons. The highest BCUT2D eigenvalue weighted by Gasteiger charge is 2.09. The predicted molar refractivity (Wildman–Crippen MR) is 56.8 cm³/mol. The van der Waals surface area contributed by atoms with E-state index in [0.717, 1.165) is 19.3 Å². The van der Waals surface area contributed by atoms with Crippen LogP contribution in [-0.2, 0) is 9.53 Å². The van der Waals surface area contributed by atoms with Crippen LogP contribution >= 0.6 is 0 Å². The molecule has 0 saturated heterocycles. The fourth-order valence-corrected chi connectivity index (χ4v) is 1.05. The minimum Gasteiger partial charge on any atom is -0.480 e. The summed E-state index contributed by atoms with van der Waals surface area (Å²) in [6, 6.07) is -0.761. The molecule has 1 atom stereocenters. The van der Waals surface area contributed by atoms with Crippen LogP contribution in [0.5, 0.6) is 0 Å². The number of ether oxygens (including phenoxy) is 1. The number of carbonyl (C=O) groups is 1. The van der Waals surface area contributed by atoms with Crippen molar-refractivity contribution in [3.8, 4) is 0 Å². The highest BCUT2D eigenvalue weighted by molar-refractivity contribution is 5.78. The van der Waals surface area contributed by atoms with Crippen LogP contribution in [0.3, 0.4) is 0 Å². The number of carboxylic acid groups (broad SMARTS) is 1. The Bertz CT molecular complexity index is 209. The Labute approximate surface area is 89.1 Å². The van der Waals surface area contributed by atoms with Crippen molar-refractivity contribution < 1.29 is 14.6 Å². The summed E-state index contributed by atoms with van der Waals surface area (Å²) < 4.78 is 5.05. The molecule has 0 aromatic heterocycles. The molecule has 0 aliphatic rings. The van der Waals surface area contributed by atoms with Gasteiger partial charge in [-0.25, -0.2) is 0 Å². The van der Waals surface area contributed by atoms with Crippen LogP contribution in [0, 0.1) is 5.41 Å². The van der Waals surface area contributed by atoms with Gasteiger partial charge >= 0.3 is 5.97 Å². The van der Waals surface area contributed by atoms with Gasteiger partial charge in [0.1, 0.15) is 18.5 Å². The minimum absolute atomic E-state index is 0.0166. The third-order valence-corrected chi connectivity index (χ3v) is 1.88. The largest absolute Gasteiger partial charge is 0.480 e. The van der Waals surface area contributed by atoms with Gasteiger partial charge in [-0.2, -0.15) is 0 Å². The van der Waals surface area contributed by atoms with Crippen LogP contribution in [0.2, 0.25) is 0 Å². The molecule has 6 heteroatoms. The second kappa shape index (κ2) is 8.19. The van der Waals surface area contributed by atoms with E-state index in [-0.39, 0.29) is 12.4 Å². The maximum absolute atomic E-state index is 10.4. The molecule has 0 rings (SSSR count). The SMILES string of the molecule is N=C(N)COCCCCCC(N)C(=O)O. The van der Waals surface area contributed by atoms with Crippen molar-refractivity contribution in [3.63, 3.8) is 0 Å². The summed E-state index contributed by atoms with van der Waals surface area (Å²) in [4.78, 5) is 10.4. The number of hydrogen-bond acceptors (Lipinski definition) is 4. The van der Waals surface area contributed by atoms with E-state index in [2.05, 4.69) is 0 Å². The first-order chi connectivity index (χ1) is 7.04. The fraction of sp³-hybridized carbons (Fsp3) is 0.778. The third kappa shape index (κ3) is 9.17. The first-order valence-electron chi connectivity index (χ1n) is 4.93. The number of rotatable bonds is 9. The van der Waals surface area contributed by atoms with Crippen molar-refractivity contribution in [2.75, 3.05) is 13.2 Å². The van der Waals surface area contributed by atoms with Gasteiger partial charge in [-0.15, -0.1) is 0 Å². The topological polar surface area (TPSA) is 122 Å². The predicted octanol–water partition coefficient (Wildman–Crippen LogP) is -0.0887. The molecule has 15 heavy (non-hydrogen) atoms. The van der Waals surface area contributed by atoms with Crippen molar-refractivity contribution >= 4 is 11.8 Å². The summed E-state index contributed by atoms with van der Waals surface area (Å²) in [7, 11) is 0. The van der Waals surface area contributed by atoms with Crippen molar-refractivity contribution in [1.29, 1.82) is 5.41 Å². The van der Waals surface area contributed by atoms with Gasteiger partial charge in [-0.3, -0.25) is 10.2 Å². The molecule has 6 N–H and O–H groups in total. The van der Waals surface area contributed by atoms with Gasteiger partial charge in [0.25, 0.3) is 0 Å². The Balaban J connectivity index is 3.18. The van der Waals surface area contributed by atoms with E-state index in [9.17, 15) is 4.79 Å². The van der Waals surface area contributed by atoms with Crippen LogP contribution in [0.1, 0.15) is 25.7 Å². The van der Waals surface area contributed by atoms with Crippen molar-refractivity contribution in [1.82, 2.24) is 0 Å². The summed E-state index contributed by atoms with van der Waals surface area (Å²) in [5.41, 5.74) is 10.4. The third-order valence-electron chi connectivity index (χ3n) is 1.88. The lowest BCUT2D eigenvalue weighted by Crippen LogP contribution is -2.29. The molecule has 88 valence electrons. The molecule has 0 aromatic carbocycles. The number of nitrogens with two attached hydrogens (primary N) is 2. The zero-order valence-corrected chi connectivity index (χ0v) is 8.74. The van der Waals surface area contributed by atoms with Crippen LogP contribution < -0.4 is 11.5 Å². The maximum Gasteiger partial charge on any atom is 0.320 e. The van der Waals surface area contributed by atoms with Gasteiger partial charge < -0.3 is 21.3 Å². The number of nitrogens with one attached hydrogen (secondary N) is 1. The monoisotopic (exact) mass is 217 g/mol. The van der Waals surface area contributed by atoms with E-state index in [4.69, 9.17) is 26.7 Å². The molecule has 0 spiro atoms. The number of amidine groups is 1. The van der Waals surface area contributed by atoms with E-state index in [0.29, 0.717) is 13.0 Å². The molecular weight excluding hydrogens is 198 g/mol. The van der Waals surface area contributed by atoms with Crippen LogP contribution in [-0.4, -0.2) is 36.2 Å². The van der Waals surface area contributed by atoms with Crippen molar-refractivity contribution in [3.05, 3.63) is 0 Å². The first kappa shape index (κ1) is 13.9. The average Bonchev–Trinajstić information content (AvgIpc) is 2.15. The molecule has 0 aliphatic carbocycles. The maximum atomic E-state index is 10.4. The van der Waals surface area contributed by atoms with E-state index in [1.807, 2.05) is 0 Å². The zero-order chi connectivity index (χ0) is 11.7. The fourth-order valence-electron chi connectivity index (χ4n) is 1.05. The standard InChI is InChI=1S/C9H19N3O3/c10-7(9(13)14)4-2-1-3-5-15-6-8(11)12/h7H,1-6,10H2,(H3,11,12)(H,13,14). The summed E-state index contributed by atoms with van der Waals surface area (Å²) in [6.45, 7) is 0.705. The molecule has 0 saturated carbocycles. The number of unbranched alkanes of at least 4 members (excludes halogenated alkanes) is 2. The lowest BCUT2D eigenvalue weighted by atomic mass is 10.1. The first-order valence-corrected chi connectivity index (χ1v) is 4.93. The lowest BCUT2D eigenvalue weighted by Gasteiger charge is -2.06. The molecule has 0 fully saturated rings. The van der Waals surface area contributed by atoms with E-state index < -0.39 is 12.0 Å². The van der Waals surface area contributed by atoms with Crippen molar-refractivity contribution in [2.24, 2.45) is 11.5 Å². The van der Waals surface area contributed by atoms with Crippen LogP contribution in [0.15, 0.2) is 0 Å². The highest BCUT2D eigenvalue weighted by Crippen LogP contribution is 2.02. The Morgan fingerprint density at radius 2 is 2.07 bits per heavy atom. The minimum atomic E-state index is -0.956. The summed E-state index contributed by atoms with van der Waals surface area (Å²) in [5.74, 6) is -0.939. The van der Waals surface area contributed by atoms with E-state index >= 15 is 0 Å². The molecule has 6 nitrogen and oxygen atoms in total. The van der Waals surface area contributed by atoms with Crippen molar-refractivity contribution in [2.45, 2.75) is 31.7 Å². The van der Waals surface area contributed by atoms with Crippen LogP contribution in [0.25, 0.3) is 0 Å². The lowest BCUT2D eigenvalue weighted by molar-refractivity contribution is -0.138. The number of aliphatic carboxylic acids is 1. The molecule has 1 unspecified atom stereocenters. The van der Waals surface area contributed by atoms with Crippen LogP contribution in [0.4, 0.5) is 0 Å². The zero-order valence-electron chi connectivity index (χ0n) is 8.74. The summed E-state index contributed by atoms with van der Waals surface area (Å²) in [5, 5.41) is 15.4. The average molecular weight is 217 g/mol.